The molecule has 1 N–H and O–H groups in total. The molecule has 6 heteroatoms. The molecular weight excluding hydrogens is 369 g/mol. The van der Waals surface area contributed by atoms with Crippen molar-refractivity contribution in [2.24, 2.45) is 5.92 Å². The lowest BCUT2D eigenvalue weighted by Gasteiger charge is -2.35. The van der Waals surface area contributed by atoms with E-state index in [1.165, 1.54) is 38.3 Å². The van der Waals surface area contributed by atoms with Crippen molar-refractivity contribution in [2.45, 2.75) is 13.8 Å². The van der Waals surface area contributed by atoms with Gasteiger partial charge >= 0.3 is 0 Å². The summed E-state index contributed by atoms with van der Waals surface area (Å²) < 4.78 is 5.81. The molecule has 26 heavy (non-hydrogen) atoms. The van der Waals surface area contributed by atoms with Gasteiger partial charge in [-0.2, -0.15) is 0 Å². The standard InChI is InChI=1S/C20H29Cl2N3O/c1-3-24-4-6-25(7-5-24)13-15(2)11-23-12-16-8-17-9-18(21)10-19(22)20(17)26-14-16/h8-10,15,23H,3-7,11-14H2,1-2H3. The van der Waals surface area contributed by atoms with Crippen LogP contribution in [0.4, 0.5) is 0 Å². The largest absolute Gasteiger partial charge is 0.487 e. The normalized spacial score (nSPS) is 19.6. The van der Waals surface area contributed by atoms with Crippen molar-refractivity contribution < 1.29 is 4.74 Å². The first-order chi connectivity index (χ1) is 12.5. The molecule has 144 valence electrons. The van der Waals surface area contributed by atoms with E-state index in [0.29, 0.717) is 22.6 Å². The lowest BCUT2D eigenvalue weighted by molar-refractivity contribution is 0.124. The lowest BCUT2D eigenvalue weighted by atomic mass is 10.1. The topological polar surface area (TPSA) is 27.7 Å². The van der Waals surface area contributed by atoms with Crippen LogP contribution in [0.2, 0.25) is 10.0 Å². The monoisotopic (exact) mass is 397 g/mol. The second-order valence-electron chi connectivity index (χ2n) is 7.37. The number of nitrogens with zero attached hydrogens (tertiary/aromatic N) is 2. The van der Waals surface area contributed by atoms with E-state index in [9.17, 15) is 0 Å². The molecule has 4 nitrogen and oxygen atoms in total. The summed E-state index contributed by atoms with van der Waals surface area (Å²) in [5, 5.41) is 4.79. The highest BCUT2D eigenvalue weighted by Crippen LogP contribution is 2.36. The molecule has 1 aromatic carbocycles. The molecule has 1 saturated heterocycles. The smallest absolute Gasteiger partial charge is 0.145 e. The van der Waals surface area contributed by atoms with Gasteiger partial charge in [-0.15, -0.1) is 0 Å². The molecule has 0 bridgehead atoms. The third kappa shape index (κ3) is 5.37. The van der Waals surface area contributed by atoms with Gasteiger partial charge in [-0.05, 0) is 42.8 Å². The molecule has 0 radical (unpaired) electrons. The van der Waals surface area contributed by atoms with Gasteiger partial charge in [0.2, 0.25) is 0 Å². The number of hydrogen-bond acceptors (Lipinski definition) is 4. The van der Waals surface area contributed by atoms with E-state index in [1.54, 1.807) is 6.07 Å². The van der Waals surface area contributed by atoms with E-state index in [2.05, 4.69) is 35.0 Å². The van der Waals surface area contributed by atoms with Crippen LogP contribution in [0.25, 0.3) is 6.08 Å². The fraction of sp³-hybridized carbons (Fsp3) is 0.600. The van der Waals surface area contributed by atoms with E-state index < -0.39 is 0 Å². The van der Waals surface area contributed by atoms with Crippen LogP contribution < -0.4 is 10.1 Å². The van der Waals surface area contributed by atoms with Gasteiger partial charge in [-0.1, -0.05) is 37.0 Å². The molecular formula is C20H29Cl2N3O. The third-order valence-corrected chi connectivity index (χ3v) is 5.62. The number of benzene rings is 1. The van der Waals surface area contributed by atoms with Gasteiger partial charge < -0.3 is 19.9 Å². The van der Waals surface area contributed by atoms with Gasteiger partial charge in [-0.3, -0.25) is 0 Å². The SMILES string of the molecule is CCN1CCN(CC(C)CNCC2=Cc3cc(Cl)cc(Cl)c3OC2)CC1. The van der Waals surface area contributed by atoms with Gasteiger partial charge in [0.1, 0.15) is 12.4 Å². The molecule has 0 aromatic heterocycles. The third-order valence-electron chi connectivity index (χ3n) is 5.13. The summed E-state index contributed by atoms with van der Waals surface area (Å²) >= 11 is 12.3. The van der Waals surface area contributed by atoms with Crippen LogP contribution in [0, 0.1) is 5.92 Å². The highest BCUT2D eigenvalue weighted by atomic mass is 35.5. The summed E-state index contributed by atoms with van der Waals surface area (Å²) in [5.41, 5.74) is 2.19. The minimum atomic E-state index is 0.576. The van der Waals surface area contributed by atoms with Crippen molar-refractivity contribution in [3.05, 3.63) is 33.3 Å². The van der Waals surface area contributed by atoms with Crippen molar-refractivity contribution in [3.63, 3.8) is 0 Å². The lowest BCUT2D eigenvalue weighted by Crippen LogP contribution is -2.48. The molecule has 1 unspecified atom stereocenters. The van der Waals surface area contributed by atoms with Crippen molar-refractivity contribution in [1.82, 2.24) is 15.1 Å². The van der Waals surface area contributed by atoms with Crippen molar-refractivity contribution in [3.8, 4) is 5.75 Å². The summed E-state index contributed by atoms with van der Waals surface area (Å²) in [4.78, 5) is 5.10. The molecule has 0 aliphatic carbocycles. The van der Waals surface area contributed by atoms with Crippen molar-refractivity contribution in [2.75, 3.05) is 59.0 Å². The van der Waals surface area contributed by atoms with Gasteiger partial charge in [0.05, 0.1) is 5.02 Å². The van der Waals surface area contributed by atoms with Gasteiger partial charge in [0.15, 0.2) is 0 Å². The number of likely N-dealkylation sites (N-methyl/N-ethyl adjacent to an activating group) is 1. The Morgan fingerprint density at radius 2 is 1.88 bits per heavy atom. The Morgan fingerprint density at radius 1 is 1.15 bits per heavy atom. The summed E-state index contributed by atoms with van der Waals surface area (Å²) in [5.74, 6) is 1.36. The number of nitrogens with one attached hydrogen (secondary N) is 1. The highest BCUT2D eigenvalue weighted by molar-refractivity contribution is 6.36. The van der Waals surface area contributed by atoms with E-state index in [4.69, 9.17) is 27.9 Å². The fourth-order valence-corrected chi connectivity index (χ4v) is 4.20. The number of halogens is 2. The molecule has 1 atom stereocenters. The maximum absolute atomic E-state index is 6.19. The zero-order chi connectivity index (χ0) is 18.5. The molecule has 0 spiro atoms. The first-order valence-corrected chi connectivity index (χ1v) is 10.3. The maximum atomic E-state index is 6.19. The molecule has 2 aliphatic rings. The number of ether oxygens (including phenoxy) is 1. The Hall–Kier alpha value is -0.780. The van der Waals surface area contributed by atoms with Gasteiger partial charge in [0.25, 0.3) is 0 Å². The van der Waals surface area contributed by atoms with Crippen LogP contribution in [0.5, 0.6) is 5.75 Å². The highest BCUT2D eigenvalue weighted by Gasteiger charge is 2.18. The Balaban J connectivity index is 1.43. The first kappa shape index (κ1) is 20.0. The Labute approximate surface area is 167 Å². The predicted molar refractivity (Wildman–Crippen MR) is 111 cm³/mol. The minimum absolute atomic E-state index is 0.576. The van der Waals surface area contributed by atoms with E-state index in [-0.39, 0.29) is 0 Å². The van der Waals surface area contributed by atoms with Gasteiger partial charge in [0, 0.05) is 49.9 Å². The first-order valence-electron chi connectivity index (χ1n) is 9.52. The Morgan fingerprint density at radius 3 is 2.62 bits per heavy atom. The molecule has 2 aliphatic heterocycles. The number of piperazine rings is 1. The molecule has 3 rings (SSSR count). The predicted octanol–water partition coefficient (Wildman–Crippen LogP) is 3.63. The van der Waals surface area contributed by atoms with Crippen molar-refractivity contribution >= 4 is 29.3 Å². The Bertz CT molecular complexity index is 642. The zero-order valence-electron chi connectivity index (χ0n) is 15.7. The average Bonchev–Trinajstić information content (AvgIpc) is 2.62. The van der Waals surface area contributed by atoms with E-state index in [0.717, 1.165) is 30.9 Å². The number of fused-ring (bicyclic) bond motifs is 1. The minimum Gasteiger partial charge on any atom is -0.487 e. The second-order valence-corrected chi connectivity index (χ2v) is 8.21. The molecule has 1 fully saturated rings. The zero-order valence-corrected chi connectivity index (χ0v) is 17.2. The van der Waals surface area contributed by atoms with Crippen LogP contribution in [0.15, 0.2) is 17.7 Å². The van der Waals surface area contributed by atoms with Gasteiger partial charge in [-0.25, -0.2) is 0 Å². The molecule has 2 heterocycles. The van der Waals surface area contributed by atoms with Crippen LogP contribution in [0.1, 0.15) is 19.4 Å². The number of hydrogen-bond donors (Lipinski definition) is 1. The summed E-state index contributed by atoms with van der Waals surface area (Å²) in [7, 11) is 0. The fourth-order valence-electron chi connectivity index (χ4n) is 3.64. The molecule has 0 saturated carbocycles. The van der Waals surface area contributed by atoms with Crippen molar-refractivity contribution in [1.29, 1.82) is 0 Å². The van der Waals surface area contributed by atoms with Crippen LogP contribution in [-0.4, -0.2) is 68.8 Å². The average molecular weight is 398 g/mol. The summed E-state index contributed by atoms with van der Waals surface area (Å²) in [6.45, 7) is 14.1. The molecule has 1 aromatic rings. The van der Waals surface area contributed by atoms with Crippen LogP contribution >= 0.6 is 23.2 Å². The Kier molecular flexibility index (Phi) is 7.24. The van der Waals surface area contributed by atoms with E-state index in [1.807, 2.05) is 6.07 Å². The quantitative estimate of drug-likeness (QED) is 0.759. The maximum Gasteiger partial charge on any atom is 0.145 e. The molecule has 0 amide bonds. The second kappa shape index (κ2) is 9.43. The van der Waals surface area contributed by atoms with Crippen LogP contribution in [0.3, 0.4) is 0 Å². The summed E-state index contributed by atoms with van der Waals surface area (Å²) in [6.07, 6.45) is 2.14. The summed E-state index contributed by atoms with van der Waals surface area (Å²) in [6, 6.07) is 3.63. The van der Waals surface area contributed by atoms with Crippen LogP contribution in [-0.2, 0) is 0 Å². The number of rotatable bonds is 7. The van der Waals surface area contributed by atoms with E-state index >= 15 is 0 Å².